The van der Waals surface area contributed by atoms with Gasteiger partial charge in [-0.25, -0.2) is 8.42 Å². The van der Waals surface area contributed by atoms with Gasteiger partial charge in [-0.15, -0.1) is 11.3 Å². The van der Waals surface area contributed by atoms with Crippen molar-refractivity contribution in [3.8, 4) is 0 Å². The van der Waals surface area contributed by atoms with Crippen LogP contribution < -0.4 is 10.6 Å². The normalized spacial score (nSPS) is 22.2. The van der Waals surface area contributed by atoms with Crippen LogP contribution in [0.15, 0.2) is 0 Å². The maximum absolute atomic E-state index is 12.9. The third kappa shape index (κ3) is 4.71. The number of hydrogen-bond donors (Lipinski definition) is 2. The standard InChI is InChI=1S/C19H26N2O4S2/c1-27(24,25)10-12-4-7-15-14(8-12)16(18(23)20-9-11-2-3-11)19(26-15)21-17(22)13-5-6-13/h11-13H,2-10H2,1H3,(H,20,23)(H,21,22). The Morgan fingerprint density at radius 1 is 1.11 bits per heavy atom. The molecular formula is C19H26N2O4S2. The van der Waals surface area contributed by atoms with Crippen molar-refractivity contribution in [3.63, 3.8) is 0 Å². The van der Waals surface area contributed by atoms with Gasteiger partial charge in [-0.2, -0.15) is 0 Å². The largest absolute Gasteiger partial charge is 0.352 e. The first-order chi connectivity index (χ1) is 12.8. The van der Waals surface area contributed by atoms with Gasteiger partial charge in [0.1, 0.15) is 14.8 Å². The van der Waals surface area contributed by atoms with Crippen molar-refractivity contribution in [1.29, 1.82) is 0 Å². The molecule has 1 atom stereocenters. The average molecular weight is 411 g/mol. The third-order valence-electron chi connectivity index (χ3n) is 5.56. The molecule has 0 saturated heterocycles. The number of amides is 2. The Bertz CT molecular complexity index is 867. The number of hydrogen-bond acceptors (Lipinski definition) is 5. The summed E-state index contributed by atoms with van der Waals surface area (Å²) >= 11 is 1.49. The SMILES string of the molecule is CS(=O)(=O)CC1CCc2sc(NC(=O)C3CC3)c(C(=O)NCC3CC3)c2C1. The molecule has 0 radical (unpaired) electrons. The van der Waals surface area contributed by atoms with Gasteiger partial charge in [-0.05, 0) is 62.3 Å². The highest BCUT2D eigenvalue weighted by Crippen LogP contribution is 2.41. The highest BCUT2D eigenvalue weighted by atomic mass is 32.2. The van der Waals surface area contributed by atoms with E-state index in [9.17, 15) is 18.0 Å². The van der Waals surface area contributed by atoms with E-state index in [1.54, 1.807) is 0 Å². The molecule has 2 N–H and O–H groups in total. The third-order valence-corrected chi connectivity index (χ3v) is 7.85. The first kappa shape index (κ1) is 18.9. The number of carbonyl (C=O) groups excluding carboxylic acids is 2. The van der Waals surface area contributed by atoms with Crippen molar-refractivity contribution in [3.05, 3.63) is 16.0 Å². The van der Waals surface area contributed by atoms with E-state index in [2.05, 4.69) is 10.6 Å². The minimum atomic E-state index is -3.05. The fraction of sp³-hybridized carbons (Fsp3) is 0.684. The Labute approximate surface area is 164 Å². The lowest BCUT2D eigenvalue weighted by molar-refractivity contribution is -0.117. The van der Waals surface area contributed by atoms with E-state index in [4.69, 9.17) is 0 Å². The van der Waals surface area contributed by atoms with E-state index >= 15 is 0 Å². The van der Waals surface area contributed by atoms with Gasteiger partial charge in [0, 0.05) is 23.6 Å². The molecule has 1 unspecified atom stereocenters. The molecule has 3 aliphatic rings. The molecular weight excluding hydrogens is 384 g/mol. The van der Waals surface area contributed by atoms with Crippen LogP contribution in [0, 0.1) is 17.8 Å². The summed E-state index contributed by atoms with van der Waals surface area (Å²) in [6.07, 6.45) is 7.56. The number of sulfone groups is 1. The van der Waals surface area contributed by atoms with Gasteiger partial charge in [0.05, 0.1) is 11.3 Å². The van der Waals surface area contributed by atoms with Gasteiger partial charge in [0.15, 0.2) is 0 Å². The van der Waals surface area contributed by atoms with Crippen molar-refractivity contribution in [2.75, 3.05) is 23.9 Å². The second kappa shape index (κ2) is 7.20. The van der Waals surface area contributed by atoms with Gasteiger partial charge < -0.3 is 10.6 Å². The second-order valence-corrected chi connectivity index (χ2v) is 11.6. The molecule has 8 heteroatoms. The van der Waals surface area contributed by atoms with Crippen LogP contribution in [0.1, 0.15) is 52.9 Å². The summed E-state index contributed by atoms with van der Waals surface area (Å²) in [5.41, 5.74) is 1.52. The lowest BCUT2D eigenvalue weighted by Gasteiger charge is -2.22. The minimum absolute atomic E-state index is 0.00229. The van der Waals surface area contributed by atoms with Gasteiger partial charge >= 0.3 is 0 Å². The highest BCUT2D eigenvalue weighted by Gasteiger charge is 2.34. The molecule has 4 rings (SSSR count). The fourth-order valence-electron chi connectivity index (χ4n) is 3.76. The maximum Gasteiger partial charge on any atom is 0.254 e. The number of fused-ring (bicyclic) bond motifs is 1. The lowest BCUT2D eigenvalue weighted by Crippen LogP contribution is -2.29. The van der Waals surface area contributed by atoms with Gasteiger partial charge in [-0.1, -0.05) is 0 Å². The quantitative estimate of drug-likeness (QED) is 0.722. The van der Waals surface area contributed by atoms with E-state index < -0.39 is 9.84 Å². The molecule has 1 aromatic rings. The number of rotatable bonds is 7. The molecule has 27 heavy (non-hydrogen) atoms. The number of aryl methyl sites for hydroxylation is 1. The summed E-state index contributed by atoms with van der Waals surface area (Å²) in [4.78, 5) is 26.3. The number of thiophene rings is 1. The minimum Gasteiger partial charge on any atom is -0.352 e. The Kier molecular flexibility index (Phi) is 5.05. The van der Waals surface area contributed by atoms with Gasteiger partial charge in [0.25, 0.3) is 5.91 Å². The number of nitrogens with one attached hydrogen (secondary N) is 2. The topological polar surface area (TPSA) is 92.3 Å². The summed E-state index contributed by atoms with van der Waals surface area (Å²) in [6, 6.07) is 0. The number of anilines is 1. The lowest BCUT2D eigenvalue weighted by atomic mass is 9.87. The first-order valence-corrected chi connectivity index (χ1v) is 12.6. The van der Waals surface area contributed by atoms with Crippen LogP contribution in [0.3, 0.4) is 0 Å². The predicted octanol–water partition coefficient (Wildman–Crippen LogP) is 2.39. The molecule has 2 amide bonds. The molecule has 2 saturated carbocycles. The van der Waals surface area contributed by atoms with Crippen molar-refractivity contribution >= 4 is 38.0 Å². The second-order valence-electron chi connectivity index (χ2n) is 8.33. The zero-order valence-electron chi connectivity index (χ0n) is 15.5. The molecule has 6 nitrogen and oxygen atoms in total. The molecule has 1 aromatic heterocycles. The molecule has 2 fully saturated rings. The summed E-state index contributed by atoms with van der Waals surface area (Å²) in [5, 5.41) is 6.64. The first-order valence-electron chi connectivity index (χ1n) is 9.71. The van der Waals surface area contributed by atoms with Gasteiger partial charge in [0.2, 0.25) is 5.91 Å². The molecule has 0 spiro atoms. The van der Waals surface area contributed by atoms with Crippen molar-refractivity contribution < 1.29 is 18.0 Å². The van der Waals surface area contributed by atoms with E-state index in [1.165, 1.54) is 17.6 Å². The Balaban J connectivity index is 1.59. The Morgan fingerprint density at radius 2 is 1.85 bits per heavy atom. The zero-order valence-corrected chi connectivity index (χ0v) is 17.2. The molecule has 1 heterocycles. The highest BCUT2D eigenvalue weighted by molar-refractivity contribution is 7.90. The van der Waals surface area contributed by atoms with E-state index in [-0.39, 0.29) is 29.4 Å². The molecule has 0 aliphatic heterocycles. The Hall–Kier alpha value is -1.41. The summed E-state index contributed by atoms with van der Waals surface area (Å²) in [5.74, 6) is 0.692. The summed E-state index contributed by atoms with van der Waals surface area (Å²) in [6.45, 7) is 0.673. The maximum atomic E-state index is 12.9. The van der Waals surface area contributed by atoms with Crippen LogP contribution in [0.25, 0.3) is 0 Å². The number of carbonyl (C=O) groups is 2. The zero-order chi connectivity index (χ0) is 19.2. The summed E-state index contributed by atoms with van der Waals surface area (Å²) < 4.78 is 23.4. The molecule has 0 aromatic carbocycles. The van der Waals surface area contributed by atoms with E-state index in [0.29, 0.717) is 29.4 Å². The van der Waals surface area contributed by atoms with Crippen LogP contribution in [0.4, 0.5) is 5.00 Å². The monoisotopic (exact) mass is 410 g/mol. The Morgan fingerprint density at radius 3 is 2.48 bits per heavy atom. The van der Waals surface area contributed by atoms with E-state index in [1.807, 2.05) is 0 Å². The average Bonchev–Trinajstić information content (AvgIpc) is 3.48. The smallest absolute Gasteiger partial charge is 0.254 e. The fourth-order valence-corrected chi connectivity index (χ4v) is 6.15. The van der Waals surface area contributed by atoms with E-state index in [0.717, 1.165) is 49.0 Å². The van der Waals surface area contributed by atoms with Crippen LogP contribution in [-0.4, -0.2) is 38.8 Å². The van der Waals surface area contributed by atoms with Crippen LogP contribution in [0.2, 0.25) is 0 Å². The van der Waals surface area contributed by atoms with Crippen molar-refractivity contribution in [1.82, 2.24) is 5.32 Å². The van der Waals surface area contributed by atoms with Crippen LogP contribution >= 0.6 is 11.3 Å². The molecule has 0 bridgehead atoms. The van der Waals surface area contributed by atoms with Gasteiger partial charge in [-0.3, -0.25) is 9.59 Å². The van der Waals surface area contributed by atoms with Crippen LogP contribution in [-0.2, 0) is 27.5 Å². The predicted molar refractivity (Wildman–Crippen MR) is 106 cm³/mol. The molecule has 3 aliphatic carbocycles. The van der Waals surface area contributed by atoms with Crippen LogP contribution in [0.5, 0.6) is 0 Å². The summed E-state index contributed by atoms with van der Waals surface area (Å²) in [7, 11) is -3.05. The van der Waals surface area contributed by atoms with Crippen molar-refractivity contribution in [2.24, 2.45) is 17.8 Å². The molecule has 148 valence electrons. The van der Waals surface area contributed by atoms with Crippen molar-refractivity contribution in [2.45, 2.75) is 44.9 Å².